The molecule has 0 saturated carbocycles. The van der Waals surface area contributed by atoms with Crippen molar-refractivity contribution in [3.05, 3.63) is 36.0 Å². The van der Waals surface area contributed by atoms with E-state index in [2.05, 4.69) is 6.92 Å². The van der Waals surface area contributed by atoms with Gasteiger partial charge >= 0.3 is 0 Å². The van der Waals surface area contributed by atoms with Crippen molar-refractivity contribution in [3.63, 3.8) is 0 Å². The van der Waals surface area contributed by atoms with Gasteiger partial charge < -0.3 is 4.42 Å². The van der Waals surface area contributed by atoms with E-state index in [9.17, 15) is 0 Å². The highest BCUT2D eigenvalue weighted by molar-refractivity contribution is 5.77. The lowest BCUT2D eigenvalue weighted by Crippen LogP contribution is -1.81. The fourth-order valence-corrected chi connectivity index (χ4v) is 1.58. The molecule has 2 aromatic rings. The summed E-state index contributed by atoms with van der Waals surface area (Å²) in [6.07, 6.45) is 4.83. The standard InChI is InChI=1S/C14H18O/c1-2-3-4-5-9-13-11-12-8-6-7-10-14(12)15-13/h6-8,10-11H,2-5,9H2,1H3/i6D,7D,8D,10D,11D. The average Bonchev–Trinajstić information content (AvgIpc) is 2.76. The van der Waals surface area contributed by atoms with Crippen LogP contribution in [0.25, 0.3) is 11.0 Å². The van der Waals surface area contributed by atoms with Crippen molar-refractivity contribution in [1.29, 1.82) is 0 Å². The van der Waals surface area contributed by atoms with Gasteiger partial charge in [-0.25, -0.2) is 0 Å². The second-order valence-electron chi connectivity index (χ2n) is 3.67. The first-order chi connectivity index (χ1) is 9.49. The molecule has 1 heterocycles. The molecule has 0 unspecified atom stereocenters. The van der Waals surface area contributed by atoms with Crippen molar-refractivity contribution in [2.45, 2.75) is 39.0 Å². The molecule has 0 saturated heterocycles. The van der Waals surface area contributed by atoms with Gasteiger partial charge in [-0.15, -0.1) is 0 Å². The molecule has 1 nitrogen and oxygen atoms in total. The second kappa shape index (κ2) is 5.01. The first-order valence-corrected chi connectivity index (χ1v) is 5.47. The van der Waals surface area contributed by atoms with Crippen LogP contribution in [0.5, 0.6) is 0 Å². The third-order valence-electron chi connectivity index (χ3n) is 2.40. The van der Waals surface area contributed by atoms with E-state index in [1.807, 2.05) is 0 Å². The van der Waals surface area contributed by atoms with Gasteiger partial charge in [0.05, 0.1) is 6.85 Å². The summed E-state index contributed by atoms with van der Waals surface area (Å²) in [6, 6.07) is -0.907. The number of furan rings is 1. The molecule has 0 atom stereocenters. The van der Waals surface area contributed by atoms with Crippen LogP contribution in [0.3, 0.4) is 0 Å². The van der Waals surface area contributed by atoms with Gasteiger partial charge in [0.1, 0.15) is 11.3 Å². The molecular weight excluding hydrogens is 184 g/mol. The van der Waals surface area contributed by atoms with E-state index in [1.165, 1.54) is 0 Å². The molecule has 0 radical (unpaired) electrons. The van der Waals surface area contributed by atoms with E-state index in [-0.39, 0.29) is 41.2 Å². The SMILES string of the molecule is [2H]c1c([2H])c([2H])c2c([2H])c(CCCCCC)oc2c1[2H]. The van der Waals surface area contributed by atoms with Gasteiger partial charge in [0.15, 0.2) is 0 Å². The maximum absolute atomic E-state index is 8.06. The number of hydrogen-bond acceptors (Lipinski definition) is 1. The van der Waals surface area contributed by atoms with Crippen molar-refractivity contribution >= 4 is 11.0 Å². The van der Waals surface area contributed by atoms with Crippen molar-refractivity contribution < 1.29 is 11.3 Å². The highest BCUT2D eigenvalue weighted by atomic mass is 16.3. The maximum atomic E-state index is 8.06. The smallest absolute Gasteiger partial charge is 0.134 e. The van der Waals surface area contributed by atoms with Gasteiger partial charge in [0, 0.05) is 11.8 Å². The molecule has 1 aromatic carbocycles. The van der Waals surface area contributed by atoms with Gasteiger partial charge in [-0.3, -0.25) is 0 Å². The van der Waals surface area contributed by atoms with Crippen LogP contribution in [0.4, 0.5) is 0 Å². The second-order valence-corrected chi connectivity index (χ2v) is 3.67. The molecule has 1 heteroatoms. The van der Waals surface area contributed by atoms with Gasteiger partial charge in [-0.2, -0.15) is 0 Å². The molecular formula is C14H18O. The fourth-order valence-electron chi connectivity index (χ4n) is 1.58. The van der Waals surface area contributed by atoms with Crippen LogP contribution in [-0.2, 0) is 6.42 Å². The number of aryl methyl sites for hydroxylation is 1. The zero-order valence-corrected chi connectivity index (χ0v) is 8.94. The Morgan fingerprint density at radius 1 is 1.20 bits per heavy atom. The molecule has 1 aromatic heterocycles. The Kier molecular flexibility index (Phi) is 1.92. The van der Waals surface area contributed by atoms with E-state index in [0.717, 1.165) is 25.7 Å². The van der Waals surface area contributed by atoms with Gasteiger partial charge in [-0.1, -0.05) is 44.3 Å². The molecule has 15 heavy (non-hydrogen) atoms. The minimum atomic E-state index is -0.311. The van der Waals surface area contributed by atoms with Crippen LogP contribution >= 0.6 is 0 Å². The van der Waals surface area contributed by atoms with Crippen molar-refractivity contribution in [2.24, 2.45) is 0 Å². The Morgan fingerprint density at radius 3 is 2.93 bits per heavy atom. The molecule has 0 aliphatic heterocycles. The Labute approximate surface area is 98.1 Å². The first kappa shape index (κ1) is 5.74. The molecule has 0 N–H and O–H groups in total. The van der Waals surface area contributed by atoms with E-state index in [4.69, 9.17) is 11.3 Å². The fraction of sp³-hybridized carbons (Fsp3) is 0.429. The third-order valence-corrected chi connectivity index (χ3v) is 2.40. The Bertz CT molecular complexity index is 633. The summed E-state index contributed by atoms with van der Waals surface area (Å²) in [7, 11) is 0. The molecule has 0 aliphatic carbocycles. The Balaban J connectivity index is 2.42. The van der Waals surface area contributed by atoms with Crippen molar-refractivity contribution in [1.82, 2.24) is 0 Å². The zero-order chi connectivity index (χ0) is 14.9. The normalized spacial score (nSPS) is 15.7. The van der Waals surface area contributed by atoms with Crippen LogP contribution in [0, 0.1) is 0 Å². The molecule has 0 aliphatic rings. The first-order valence-electron chi connectivity index (χ1n) is 7.97. The average molecular weight is 207 g/mol. The molecule has 80 valence electrons. The van der Waals surface area contributed by atoms with Gasteiger partial charge in [-0.05, 0) is 18.5 Å². The maximum Gasteiger partial charge on any atom is 0.134 e. The number of hydrogen-bond donors (Lipinski definition) is 0. The largest absolute Gasteiger partial charge is 0.461 e. The molecule has 0 amide bonds. The zero-order valence-electron chi connectivity index (χ0n) is 13.9. The molecule has 0 spiro atoms. The van der Waals surface area contributed by atoms with Crippen molar-refractivity contribution in [3.8, 4) is 0 Å². The lowest BCUT2D eigenvalue weighted by Gasteiger charge is -1.95. The summed E-state index contributed by atoms with van der Waals surface area (Å²) >= 11 is 0. The summed E-state index contributed by atoms with van der Waals surface area (Å²) in [5.74, 6) is 0.461. The van der Waals surface area contributed by atoms with Crippen molar-refractivity contribution in [2.75, 3.05) is 0 Å². The van der Waals surface area contributed by atoms with Crippen LogP contribution in [0.15, 0.2) is 34.6 Å². The third kappa shape index (κ3) is 2.62. The quantitative estimate of drug-likeness (QED) is 0.655. The number of rotatable bonds is 5. The monoisotopic (exact) mass is 207 g/mol. The number of fused-ring (bicyclic) bond motifs is 1. The highest BCUT2D eigenvalue weighted by Crippen LogP contribution is 2.20. The molecule has 0 bridgehead atoms. The van der Waals surface area contributed by atoms with Crippen LogP contribution in [0.1, 0.15) is 45.2 Å². The summed E-state index contributed by atoms with van der Waals surface area (Å²) in [4.78, 5) is 0. The number of benzene rings is 1. The van der Waals surface area contributed by atoms with Crippen LogP contribution in [0.2, 0.25) is 0 Å². The van der Waals surface area contributed by atoms with Crippen LogP contribution < -0.4 is 0 Å². The van der Waals surface area contributed by atoms with E-state index in [1.54, 1.807) is 0 Å². The predicted molar refractivity (Wildman–Crippen MR) is 64.1 cm³/mol. The summed E-state index contributed by atoms with van der Waals surface area (Å²) in [6.45, 7) is 2.13. The number of para-hydroxylation sites is 1. The van der Waals surface area contributed by atoms with Crippen LogP contribution in [-0.4, -0.2) is 0 Å². The van der Waals surface area contributed by atoms with Gasteiger partial charge in [0.2, 0.25) is 0 Å². The van der Waals surface area contributed by atoms with E-state index >= 15 is 0 Å². The summed E-state index contributed by atoms with van der Waals surface area (Å²) < 4.78 is 44.5. The van der Waals surface area contributed by atoms with E-state index in [0.29, 0.717) is 12.2 Å². The summed E-state index contributed by atoms with van der Waals surface area (Å²) in [5.41, 5.74) is 0.103. The Morgan fingerprint density at radius 2 is 2.07 bits per heavy atom. The van der Waals surface area contributed by atoms with E-state index < -0.39 is 0 Å². The predicted octanol–water partition coefficient (Wildman–Crippen LogP) is 4.56. The highest BCUT2D eigenvalue weighted by Gasteiger charge is 2.01. The summed E-state index contributed by atoms with van der Waals surface area (Å²) in [5, 5.41) is 0.196. The molecule has 0 fully saturated rings. The number of unbranched alkanes of at least 4 members (excludes halogenated alkanes) is 3. The molecule has 2 rings (SSSR count). The lowest BCUT2D eigenvalue weighted by atomic mass is 10.1. The Hall–Kier alpha value is -1.24. The minimum Gasteiger partial charge on any atom is -0.461 e. The lowest BCUT2D eigenvalue weighted by molar-refractivity contribution is 0.527. The minimum absolute atomic E-state index is 0.100. The topological polar surface area (TPSA) is 13.1 Å². The van der Waals surface area contributed by atoms with Gasteiger partial charge in [0.25, 0.3) is 0 Å².